The smallest absolute Gasteiger partial charge is 0.359 e. The number of carbonyl (C=O) groups is 2. The molecule has 1 amide bonds. The standard InChI is InChI=1S/C13H19N2O3S/c1-15(5-2-3-6-15)9-18-13(17)10-4-7-19-12-8-11(16)14(10)12/h4,12H,2-3,5-9H2,1H3/q+1. The summed E-state index contributed by atoms with van der Waals surface area (Å²) in [5, 5.41) is 0.150. The van der Waals surface area contributed by atoms with Crippen LogP contribution in [0.1, 0.15) is 19.3 Å². The molecule has 1 atom stereocenters. The number of rotatable bonds is 3. The van der Waals surface area contributed by atoms with Crippen molar-refractivity contribution in [3.63, 3.8) is 0 Å². The number of hydrogen-bond donors (Lipinski definition) is 0. The summed E-state index contributed by atoms with van der Waals surface area (Å²) in [5.41, 5.74) is 0.450. The second-order valence-corrected chi connectivity index (χ2v) is 6.89. The lowest BCUT2D eigenvalue weighted by atomic mass is 10.1. The third-order valence-electron chi connectivity index (χ3n) is 4.09. The summed E-state index contributed by atoms with van der Waals surface area (Å²) in [6, 6.07) is 0. The van der Waals surface area contributed by atoms with Crippen LogP contribution >= 0.6 is 11.8 Å². The zero-order chi connectivity index (χ0) is 13.5. The lowest BCUT2D eigenvalue weighted by Crippen LogP contribution is -2.53. The molecule has 6 heteroatoms. The third-order valence-corrected chi connectivity index (χ3v) is 5.21. The Balaban J connectivity index is 1.61. The van der Waals surface area contributed by atoms with Crippen molar-refractivity contribution in [3.8, 4) is 0 Å². The second-order valence-electron chi connectivity index (χ2n) is 5.68. The highest BCUT2D eigenvalue weighted by Gasteiger charge is 2.43. The van der Waals surface area contributed by atoms with Crippen LogP contribution in [0.3, 0.4) is 0 Å². The number of nitrogens with zero attached hydrogens (tertiary/aromatic N) is 2. The van der Waals surface area contributed by atoms with Crippen molar-refractivity contribution in [2.24, 2.45) is 0 Å². The van der Waals surface area contributed by atoms with Crippen molar-refractivity contribution in [1.29, 1.82) is 0 Å². The highest BCUT2D eigenvalue weighted by atomic mass is 32.2. The molecule has 0 bridgehead atoms. The van der Waals surface area contributed by atoms with Gasteiger partial charge in [0.15, 0.2) is 0 Å². The number of quaternary nitrogens is 1. The second kappa shape index (κ2) is 4.83. The number of ether oxygens (including phenoxy) is 1. The van der Waals surface area contributed by atoms with Gasteiger partial charge in [0.05, 0.1) is 31.9 Å². The van der Waals surface area contributed by atoms with Crippen LogP contribution in [-0.2, 0) is 14.3 Å². The van der Waals surface area contributed by atoms with Crippen molar-refractivity contribution in [2.45, 2.75) is 24.6 Å². The number of likely N-dealkylation sites (tertiary alicyclic amines) is 1. The fraction of sp³-hybridized carbons (Fsp3) is 0.692. The third kappa shape index (κ3) is 2.39. The fourth-order valence-electron chi connectivity index (χ4n) is 2.84. The molecule has 0 aromatic heterocycles. The Bertz CT molecular complexity index is 443. The number of amides is 1. The normalized spacial score (nSPS) is 28.5. The zero-order valence-corrected chi connectivity index (χ0v) is 11.9. The van der Waals surface area contributed by atoms with Gasteiger partial charge in [-0.1, -0.05) is 0 Å². The lowest BCUT2D eigenvalue weighted by Gasteiger charge is -2.42. The lowest BCUT2D eigenvalue weighted by molar-refractivity contribution is -0.914. The van der Waals surface area contributed by atoms with Gasteiger partial charge >= 0.3 is 5.97 Å². The summed E-state index contributed by atoms with van der Waals surface area (Å²) >= 11 is 1.70. The van der Waals surface area contributed by atoms with Crippen molar-refractivity contribution in [2.75, 3.05) is 32.6 Å². The Morgan fingerprint density at radius 3 is 2.95 bits per heavy atom. The number of fused-ring (bicyclic) bond motifs is 1. The summed E-state index contributed by atoms with van der Waals surface area (Å²) in [6.07, 6.45) is 4.74. The van der Waals surface area contributed by atoms with Gasteiger partial charge in [-0.15, -0.1) is 11.8 Å². The molecule has 3 rings (SSSR count). The van der Waals surface area contributed by atoms with Gasteiger partial charge in [-0.25, -0.2) is 4.79 Å². The van der Waals surface area contributed by atoms with E-state index in [1.54, 1.807) is 16.7 Å². The maximum Gasteiger partial charge on any atom is 0.359 e. The van der Waals surface area contributed by atoms with Crippen LogP contribution in [0.5, 0.6) is 0 Å². The van der Waals surface area contributed by atoms with Crippen molar-refractivity contribution in [1.82, 2.24) is 4.90 Å². The molecule has 104 valence electrons. The molecular weight excluding hydrogens is 264 g/mol. The molecule has 19 heavy (non-hydrogen) atoms. The Morgan fingerprint density at radius 1 is 1.53 bits per heavy atom. The molecular formula is C13H19N2O3S+. The fourth-order valence-corrected chi connectivity index (χ4v) is 3.96. The summed E-state index contributed by atoms with van der Waals surface area (Å²) in [4.78, 5) is 25.3. The number of esters is 1. The predicted octanol–water partition coefficient (Wildman–Crippen LogP) is 0.917. The van der Waals surface area contributed by atoms with E-state index >= 15 is 0 Å². The minimum atomic E-state index is -0.343. The Labute approximate surface area is 117 Å². The van der Waals surface area contributed by atoms with Gasteiger partial charge in [-0.2, -0.15) is 0 Å². The van der Waals surface area contributed by atoms with Crippen LogP contribution in [0.4, 0.5) is 0 Å². The van der Waals surface area contributed by atoms with Gasteiger partial charge in [0.2, 0.25) is 12.6 Å². The first-order valence-corrected chi connectivity index (χ1v) is 7.78. The van der Waals surface area contributed by atoms with E-state index in [1.807, 2.05) is 6.08 Å². The molecule has 0 aliphatic carbocycles. The van der Waals surface area contributed by atoms with Gasteiger partial charge in [0.25, 0.3) is 0 Å². The van der Waals surface area contributed by atoms with Crippen molar-refractivity contribution < 1.29 is 18.8 Å². The Kier molecular flexibility index (Phi) is 3.30. The largest absolute Gasteiger partial charge is 0.410 e. The van der Waals surface area contributed by atoms with Crippen molar-refractivity contribution in [3.05, 3.63) is 11.8 Å². The SMILES string of the molecule is C[N+]1(COC(=O)C2=CCSC3CC(=O)N23)CCCC1. The maximum absolute atomic E-state index is 12.1. The van der Waals surface area contributed by atoms with E-state index in [-0.39, 0.29) is 17.3 Å². The molecule has 0 aromatic carbocycles. The predicted molar refractivity (Wildman–Crippen MR) is 71.9 cm³/mol. The molecule has 5 nitrogen and oxygen atoms in total. The van der Waals surface area contributed by atoms with Crippen molar-refractivity contribution >= 4 is 23.6 Å². The molecule has 0 N–H and O–H groups in total. The van der Waals surface area contributed by atoms with E-state index in [2.05, 4.69) is 7.05 Å². The number of β-lactam (4-membered cyclic amide) rings is 1. The number of carbonyl (C=O) groups excluding carboxylic acids is 2. The van der Waals surface area contributed by atoms with Gasteiger partial charge in [0, 0.05) is 18.6 Å². The first kappa shape index (κ1) is 13.0. The molecule has 3 heterocycles. The molecule has 1 unspecified atom stereocenters. The van der Waals surface area contributed by atoms with Gasteiger partial charge in [-0.05, 0) is 6.08 Å². The average Bonchev–Trinajstić information content (AvgIpc) is 2.81. The number of hydrogen-bond acceptors (Lipinski definition) is 4. The molecule has 3 aliphatic heterocycles. The minimum absolute atomic E-state index is 0.0296. The minimum Gasteiger partial charge on any atom is -0.410 e. The molecule has 0 spiro atoms. The highest BCUT2D eigenvalue weighted by molar-refractivity contribution is 8.00. The van der Waals surface area contributed by atoms with Crippen LogP contribution in [-0.4, -0.2) is 59.3 Å². The van der Waals surface area contributed by atoms with Crippen LogP contribution in [0, 0.1) is 0 Å². The first-order chi connectivity index (χ1) is 9.09. The quantitative estimate of drug-likeness (QED) is 0.439. The van der Waals surface area contributed by atoms with E-state index in [4.69, 9.17) is 4.74 Å². The molecule has 0 aromatic rings. The molecule has 0 saturated carbocycles. The monoisotopic (exact) mass is 283 g/mol. The van der Waals surface area contributed by atoms with E-state index in [0.717, 1.165) is 23.3 Å². The van der Waals surface area contributed by atoms with E-state index < -0.39 is 0 Å². The van der Waals surface area contributed by atoms with Gasteiger partial charge in [0.1, 0.15) is 5.70 Å². The Hall–Kier alpha value is -1.01. The summed E-state index contributed by atoms with van der Waals surface area (Å²) in [5.74, 6) is 0.469. The summed E-state index contributed by atoms with van der Waals surface area (Å²) in [7, 11) is 2.11. The van der Waals surface area contributed by atoms with Crippen LogP contribution < -0.4 is 0 Å². The molecule has 3 aliphatic rings. The molecule has 2 fully saturated rings. The maximum atomic E-state index is 12.1. The van der Waals surface area contributed by atoms with Crippen LogP contribution in [0.25, 0.3) is 0 Å². The van der Waals surface area contributed by atoms with E-state index in [9.17, 15) is 9.59 Å². The average molecular weight is 283 g/mol. The van der Waals surface area contributed by atoms with Crippen LogP contribution in [0.2, 0.25) is 0 Å². The Morgan fingerprint density at radius 2 is 2.26 bits per heavy atom. The topological polar surface area (TPSA) is 46.6 Å². The van der Waals surface area contributed by atoms with E-state index in [0.29, 0.717) is 18.8 Å². The van der Waals surface area contributed by atoms with Gasteiger partial charge < -0.3 is 4.74 Å². The molecule has 0 radical (unpaired) electrons. The highest BCUT2D eigenvalue weighted by Crippen LogP contribution is 2.37. The molecule has 2 saturated heterocycles. The van der Waals surface area contributed by atoms with E-state index in [1.165, 1.54) is 12.8 Å². The first-order valence-electron chi connectivity index (χ1n) is 6.74. The summed E-state index contributed by atoms with van der Waals surface area (Å²) in [6.45, 7) is 2.54. The summed E-state index contributed by atoms with van der Waals surface area (Å²) < 4.78 is 6.23. The van der Waals surface area contributed by atoms with Crippen LogP contribution in [0.15, 0.2) is 11.8 Å². The number of thioether (sulfide) groups is 1. The van der Waals surface area contributed by atoms with Gasteiger partial charge in [-0.3, -0.25) is 14.2 Å². The zero-order valence-electron chi connectivity index (χ0n) is 11.1.